The normalized spacial score (nSPS) is 21.5. The van der Waals surface area contributed by atoms with Gasteiger partial charge < -0.3 is 40.3 Å². The van der Waals surface area contributed by atoms with Crippen LogP contribution in [0.2, 0.25) is 0 Å². The summed E-state index contributed by atoms with van der Waals surface area (Å²) in [7, 11) is 4.79. The predicted octanol–water partition coefficient (Wildman–Crippen LogP) is 2.97. The molecule has 4 amide bonds. The van der Waals surface area contributed by atoms with Gasteiger partial charge in [-0.3, -0.25) is 28.9 Å². The monoisotopic (exact) mass is 775 g/mol. The molecular weight excluding hydrogens is 704 g/mol. The maximum atomic E-state index is 14.1. The second kappa shape index (κ2) is 23.0. The zero-order chi connectivity index (χ0) is 40.7. The van der Waals surface area contributed by atoms with Crippen LogP contribution < -0.4 is 16.0 Å². The molecule has 312 valence electrons. The highest BCUT2D eigenvalue weighted by Gasteiger charge is 2.42. The van der Waals surface area contributed by atoms with Crippen molar-refractivity contribution in [2.24, 2.45) is 17.8 Å². The third kappa shape index (κ3) is 13.4. The molecule has 0 bridgehead atoms. The van der Waals surface area contributed by atoms with Crippen molar-refractivity contribution in [2.75, 3.05) is 60.5 Å². The van der Waals surface area contributed by atoms with E-state index in [4.69, 9.17) is 9.47 Å². The number of amides is 4. The minimum atomic E-state index is -0.979. The van der Waals surface area contributed by atoms with Gasteiger partial charge in [0.1, 0.15) is 0 Å². The largest absolute Gasteiger partial charge is 0.481 e. The lowest BCUT2D eigenvalue weighted by atomic mass is 9.90. The van der Waals surface area contributed by atoms with Crippen LogP contribution in [-0.4, -0.2) is 146 Å². The molecule has 3 rings (SSSR count). The van der Waals surface area contributed by atoms with E-state index in [1.807, 2.05) is 27.7 Å². The predicted molar refractivity (Wildman–Crippen MR) is 212 cm³/mol. The summed E-state index contributed by atoms with van der Waals surface area (Å²) in [6.45, 7) is 13.4. The zero-order valence-electron chi connectivity index (χ0n) is 34.7. The van der Waals surface area contributed by atoms with Crippen molar-refractivity contribution in [3.05, 3.63) is 23.8 Å². The molecule has 1 aliphatic carbocycles. The van der Waals surface area contributed by atoms with Gasteiger partial charge in [-0.25, -0.2) is 0 Å². The lowest BCUT2D eigenvalue weighted by molar-refractivity contribution is -0.146. The van der Waals surface area contributed by atoms with Gasteiger partial charge in [-0.1, -0.05) is 64.8 Å². The number of methoxy groups -OCH3 is 2. The molecule has 0 aromatic carbocycles. The van der Waals surface area contributed by atoms with Gasteiger partial charge in [0, 0.05) is 60.0 Å². The highest BCUT2D eigenvalue weighted by molar-refractivity contribution is 5.88. The summed E-state index contributed by atoms with van der Waals surface area (Å²) in [5, 5.41) is 18.8. The third-order valence-electron chi connectivity index (χ3n) is 11.8. The summed E-state index contributed by atoms with van der Waals surface area (Å²) >= 11 is 0. The van der Waals surface area contributed by atoms with Crippen molar-refractivity contribution in [3.63, 3.8) is 0 Å². The van der Waals surface area contributed by atoms with E-state index >= 15 is 0 Å². The maximum absolute atomic E-state index is 14.1. The SMILES string of the molecule is CCC(C)C(C(CC(=O)N1CCCC1C(OC)C(C)C(=O)NC(CCC1=CCCC=C1)CC(=O)O)OC)N(C)C(=O)CNC(=O)C(C(C)C)N1CCNCC1. The van der Waals surface area contributed by atoms with Crippen LogP contribution >= 0.6 is 0 Å². The number of carboxylic acid groups (broad SMARTS) is 1. The molecule has 2 saturated heterocycles. The Hall–Kier alpha value is -3.33. The van der Waals surface area contributed by atoms with Crippen LogP contribution in [0.15, 0.2) is 23.8 Å². The molecule has 0 saturated carbocycles. The lowest BCUT2D eigenvalue weighted by Gasteiger charge is -2.39. The number of allylic oxidation sites excluding steroid dienone is 4. The summed E-state index contributed by atoms with van der Waals surface area (Å²) < 4.78 is 11.9. The summed E-state index contributed by atoms with van der Waals surface area (Å²) in [4.78, 5) is 72.0. The average molecular weight is 775 g/mol. The molecule has 0 radical (unpaired) electrons. The standard InChI is InChI=1S/C41H70N6O8/c1-9-28(4)38(45(6)35(49)26-43-41(53)37(27(2)3)46-22-19-42-20-23-46)33(54-7)25-34(48)47-21-13-16-32(47)39(55-8)29(5)40(52)44-31(24-36(50)51)18-17-30-14-11-10-12-15-30/h11,14-15,27-29,31-33,37-39,42H,9-10,12-13,16-26H2,1-8H3,(H,43,53)(H,44,52)(H,50,51). The van der Waals surface area contributed by atoms with Crippen molar-refractivity contribution < 1.29 is 38.6 Å². The number of likely N-dealkylation sites (N-methyl/N-ethyl adjacent to an activating group) is 1. The van der Waals surface area contributed by atoms with E-state index in [9.17, 15) is 29.1 Å². The van der Waals surface area contributed by atoms with Gasteiger partial charge in [-0.15, -0.1) is 0 Å². The van der Waals surface area contributed by atoms with E-state index in [1.54, 1.807) is 30.9 Å². The van der Waals surface area contributed by atoms with Crippen molar-refractivity contribution >= 4 is 29.6 Å². The number of nitrogens with zero attached hydrogens (tertiary/aromatic N) is 3. The van der Waals surface area contributed by atoms with Crippen molar-refractivity contribution in [2.45, 2.75) is 129 Å². The van der Waals surface area contributed by atoms with Crippen LogP contribution in [-0.2, 0) is 33.4 Å². The topological polar surface area (TPSA) is 170 Å². The smallest absolute Gasteiger partial charge is 0.305 e. The Morgan fingerprint density at radius 1 is 1.00 bits per heavy atom. The zero-order valence-corrected chi connectivity index (χ0v) is 34.7. The van der Waals surface area contributed by atoms with Crippen LogP contribution in [0.5, 0.6) is 0 Å². The maximum Gasteiger partial charge on any atom is 0.305 e. The molecule has 0 spiro atoms. The van der Waals surface area contributed by atoms with Crippen LogP contribution in [0, 0.1) is 17.8 Å². The Labute approximate surface area is 329 Å². The van der Waals surface area contributed by atoms with Gasteiger partial charge in [-0.2, -0.15) is 0 Å². The first-order chi connectivity index (χ1) is 26.2. The van der Waals surface area contributed by atoms with Crippen LogP contribution in [0.25, 0.3) is 0 Å². The van der Waals surface area contributed by atoms with Gasteiger partial charge >= 0.3 is 5.97 Å². The van der Waals surface area contributed by atoms with E-state index in [0.29, 0.717) is 25.8 Å². The number of hydrogen-bond acceptors (Lipinski definition) is 9. The fraction of sp³-hybridized carbons (Fsp3) is 0.780. The Morgan fingerprint density at radius 3 is 2.29 bits per heavy atom. The number of carboxylic acids is 1. The number of carbonyl (C=O) groups excluding carboxylic acids is 4. The Morgan fingerprint density at radius 2 is 1.71 bits per heavy atom. The molecule has 0 aromatic heterocycles. The molecular formula is C41H70N6O8. The lowest BCUT2D eigenvalue weighted by Crippen LogP contribution is -2.57. The summed E-state index contributed by atoms with van der Waals surface area (Å²) in [5.41, 5.74) is 1.15. The molecule has 2 aliphatic heterocycles. The molecule has 55 heavy (non-hydrogen) atoms. The molecule has 4 N–H and O–H groups in total. The van der Waals surface area contributed by atoms with E-state index in [0.717, 1.165) is 57.4 Å². The van der Waals surface area contributed by atoms with Crippen LogP contribution in [0.3, 0.4) is 0 Å². The van der Waals surface area contributed by atoms with Crippen molar-refractivity contribution in [1.29, 1.82) is 0 Å². The number of piperazine rings is 1. The Kier molecular flexibility index (Phi) is 19.3. The van der Waals surface area contributed by atoms with E-state index in [2.05, 4.69) is 39.1 Å². The van der Waals surface area contributed by atoms with Crippen molar-refractivity contribution in [3.8, 4) is 0 Å². The molecule has 8 unspecified atom stereocenters. The third-order valence-corrected chi connectivity index (χ3v) is 11.8. The fourth-order valence-corrected chi connectivity index (χ4v) is 8.53. The van der Waals surface area contributed by atoms with Crippen molar-refractivity contribution in [1.82, 2.24) is 30.7 Å². The Bertz CT molecular complexity index is 1330. The molecule has 0 aromatic rings. The number of nitrogens with one attached hydrogen (secondary N) is 3. The quantitative estimate of drug-likeness (QED) is 0.128. The number of rotatable bonds is 22. The minimum absolute atomic E-state index is 0.0133. The molecule has 3 aliphatic rings. The van der Waals surface area contributed by atoms with Gasteiger partial charge in [0.05, 0.1) is 55.6 Å². The van der Waals surface area contributed by atoms with Crippen LogP contribution in [0.1, 0.15) is 92.4 Å². The number of aliphatic carboxylic acids is 1. The minimum Gasteiger partial charge on any atom is -0.481 e. The van der Waals surface area contributed by atoms with Gasteiger partial charge in [0.25, 0.3) is 0 Å². The first-order valence-electron chi connectivity index (χ1n) is 20.4. The van der Waals surface area contributed by atoms with E-state index in [1.165, 1.54) is 7.11 Å². The second-order valence-electron chi connectivity index (χ2n) is 15.9. The molecule has 14 heteroatoms. The van der Waals surface area contributed by atoms with Gasteiger partial charge in [0.2, 0.25) is 23.6 Å². The van der Waals surface area contributed by atoms with Gasteiger partial charge in [-0.05, 0) is 50.4 Å². The average Bonchev–Trinajstić information content (AvgIpc) is 3.66. The highest BCUT2D eigenvalue weighted by atomic mass is 16.5. The second-order valence-corrected chi connectivity index (χ2v) is 15.9. The number of ether oxygens (including phenoxy) is 2. The first-order valence-corrected chi connectivity index (χ1v) is 20.4. The summed E-state index contributed by atoms with van der Waals surface area (Å²) in [6, 6.07) is -1.68. The molecule has 8 atom stereocenters. The number of likely N-dealkylation sites (tertiary alicyclic amines) is 1. The number of hydrogen-bond donors (Lipinski definition) is 4. The molecule has 2 fully saturated rings. The summed E-state index contributed by atoms with van der Waals surface area (Å²) in [6.07, 6.45) is 10.2. The Balaban J connectivity index is 1.67. The van der Waals surface area contributed by atoms with Crippen LogP contribution in [0.4, 0.5) is 0 Å². The summed E-state index contributed by atoms with van der Waals surface area (Å²) in [5.74, 6) is -2.46. The first kappa shape index (κ1) is 46.1. The fourth-order valence-electron chi connectivity index (χ4n) is 8.53. The molecule has 14 nitrogen and oxygen atoms in total. The molecule has 2 heterocycles. The highest BCUT2D eigenvalue weighted by Crippen LogP contribution is 2.29. The van der Waals surface area contributed by atoms with E-state index in [-0.39, 0.29) is 66.9 Å². The van der Waals surface area contributed by atoms with E-state index < -0.39 is 36.2 Å². The van der Waals surface area contributed by atoms with Gasteiger partial charge in [0.15, 0.2) is 0 Å². The number of carbonyl (C=O) groups is 5.